The van der Waals surface area contributed by atoms with Gasteiger partial charge < -0.3 is 10.2 Å². The van der Waals surface area contributed by atoms with E-state index in [4.69, 9.17) is 0 Å². The van der Waals surface area contributed by atoms with Crippen LogP contribution < -0.4 is 10.2 Å². The number of hydrogen-bond acceptors (Lipinski definition) is 4. The van der Waals surface area contributed by atoms with E-state index < -0.39 is 0 Å². The molecular weight excluding hydrogens is 228 g/mol. The molecule has 1 aliphatic carbocycles. The molecule has 2 heterocycles. The van der Waals surface area contributed by atoms with Crippen LogP contribution >= 0.6 is 0 Å². The maximum atomic E-state index is 12.0. The van der Waals surface area contributed by atoms with Crippen molar-refractivity contribution < 1.29 is 4.79 Å². The van der Waals surface area contributed by atoms with E-state index in [1.54, 1.807) is 18.5 Å². The van der Waals surface area contributed by atoms with Gasteiger partial charge in [0.05, 0.1) is 5.92 Å². The Bertz CT molecular complexity index is 418. The van der Waals surface area contributed by atoms with Gasteiger partial charge in [0.1, 0.15) is 0 Å². The van der Waals surface area contributed by atoms with Crippen LogP contribution in [-0.4, -0.2) is 35.0 Å². The molecule has 1 N–H and O–H groups in total. The van der Waals surface area contributed by atoms with Gasteiger partial charge in [-0.25, -0.2) is 9.97 Å². The summed E-state index contributed by atoms with van der Waals surface area (Å²) in [5.41, 5.74) is 0. The van der Waals surface area contributed by atoms with Gasteiger partial charge in [0.25, 0.3) is 0 Å². The summed E-state index contributed by atoms with van der Waals surface area (Å²) in [7, 11) is 0. The standard InChI is InChI=1S/C13H18N4O/c18-12(16-11-3-1-4-11)10-5-8-17(9-10)13-14-6-2-7-15-13/h2,6-7,10-11H,1,3-5,8-9H2,(H,16,18)/t10-/m1/s1. The monoisotopic (exact) mass is 246 g/mol. The number of carbonyl (C=O) groups excluding carboxylic acids is 1. The Kier molecular flexibility index (Phi) is 3.13. The first kappa shape index (κ1) is 11.4. The number of carbonyl (C=O) groups is 1. The van der Waals surface area contributed by atoms with Crippen molar-refractivity contribution in [2.24, 2.45) is 5.92 Å². The molecule has 0 aromatic carbocycles. The maximum absolute atomic E-state index is 12.0. The molecule has 18 heavy (non-hydrogen) atoms. The average molecular weight is 246 g/mol. The zero-order valence-electron chi connectivity index (χ0n) is 10.4. The second-order valence-electron chi connectivity index (χ2n) is 5.12. The van der Waals surface area contributed by atoms with Gasteiger partial charge in [-0.1, -0.05) is 0 Å². The van der Waals surface area contributed by atoms with Gasteiger partial charge in [-0.3, -0.25) is 4.79 Å². The van der Waals surface area contributed by atoms with E-state index in [2.05, 4.69) is 20.2 Å². The lowest BCUT2D eigenvalue weighted by molar-refractivity contribution is -0.125. The highest BCUT2D eigenvalue weighted by molar-refractivity contribution is 5.80. The molecule has 1 atom stereocenters. The van der Waals surface area contributed by atoms with Crippen LogP contribution in [-0.2, 0) is 4.79 Å². The Morgan fingerprint density at radius 1 is 1.28 bits per heavy atom. The molecule has 1 amide bonds. The molecule has 5 nitrogen and oxygen atoms in total. The SMILES string of the molecule is O=C(NC1CCC1)[C@@H]1CCN(c2ncccn2)C1. The molecule has 2 aliphatic rings. The lowest BCUT2D eigenvalue weighted by atomic mass is 9.92. The van der Waals surface area contributed by atoms with Crippen molar-refractivity contribution in [1.82, 2.24) is 15.3 Å². The number of nitrogens with zero attached hydrogens (tertiary/aromatic N) is 3. The largest absolute Gasteiger partial charge is 0.353 e. The van der Waals surface area contributed by atoms with E-state index in [0.717, 1.165) is 38.3 Å². The summed E-state index contributed by atoms with van der Waals surface area (Å²) in [6.45, 7) is 1.61. The maximum Gasteiger partial charge on any atom is 0.225 e. The Labute approximate surface area is 107 Å². The number of amides is 1. The normalized spacial score (nSPS) is 23.8. The van der Waals surface area contributed by atoms with Crippen LogP contribution in [0.15, 0.2) is 18.5 Å². The average Bonchev–Trinajstić information content (AvgIpc) is 2.84. The van der Waals surface area contributed by atoms with Gasteiger partial charge in [-0.05, 0) is 31.7 Å². The highest BCUT2D eigenvalue weighted by Crippen LogP contribution is 2.23. The lowest BCUT2D eigenvalue weighted by Gasteiger charge is -2.27. The fourth-order valence-electron chi connectivity index (χ4n) is 2.48. The second kappa shape index (κ2) is 4.92. The van der Waals surface area contributed by atoms with Gasteiger partial charge >= 0.3 is 0 Å². The van der Waals surface area contributed by atoms with Crippen molar-refractivity contribution >= 4 is 11.9 Å². The molecule has 1 aromatic heterocycles. The van der Waals surface area contributed by atoms with Gasteiger partial charge in [-0.2, -0.15) is 0 Å². The zero-order chi connectivity index (χ0) is 12.4. The van der Waals surface area contributed by atoms with Crippen LogP contribution in [0.1, 0.15) is 25.7 Å². The minimum absolute atomic E-state index is 0.0920. The zero-order valence-corrected chi connectivity index (χ0v) is 10.4. The first-order valence-corrected chi connectivity index (χ1v) is 6.65. The predicted octanol–water partition coefficient (Wildman–Crippen LogP) is 0.972. The predicted molar refractivity (Wildman–Crippen MR) is 68.1 cm³/mol. The molecule has 0 bridgehead atoms. The van der Waals surface area contributed by atoms with Crippen LogP contribution in [0.4, 0.5) is 5.95 Å². The molecule has 1 saturated carbocycles. The molecule has 1 aliphatic heterocycles. The summed E-state index contributed by atoms with van der Waals surface area (Å²) in [6, 6.07) is 2.24. The summed E-state index contributed by atoms with van der Waals surface area (Å²) < 4.78 is 0. The van der Waals surface area contributed by atoms with Gasteiger partial charge in [-0.15, -0.1) is 0 Å². The van der Waals surface area contributed by atoms with Crippen LogP contribution in [0.2, 0.25) is 0 Å². The summed E-state index contributed by atoms with van der Waals surface area (Å²) in [4.78, 5) is 22.6. The number of rotatable bonds is 3. The lowest BCUT2D eigenvalue weighted by Crippen LogP contribution is -2.43. The van der Waals surface area contributed by atoms with Crippen molar-refractivity contribution in [2.45, 2.75) is 31.7 Å². The third-order valence-electron chi connectivity index (χ3n) is 3.85. The molecule has 0 unspecified atom stereocenters. The second-order valence-corrected chi connectivity index (χ2v) is 5.12. The van der Waals surface area contributed by atoms with Crippen LogP contribution in [0.3, 0.4) is 0 Å². The quantitative estimate of drug-likeness (QED) is 0.863. The third-order valence-corrected chi connectivity index (χ3v) is 3.85. The summed E-state index contributed by atoms with van der Waals surface area (Å²) in [6.07, 6.45) is 7.92. The first-order chi connectivity index (χ1) is 8.83. The van der Waals surface area contributed by atoms with E-state index >= 15 is 0 Å². The van der Waals surface area contributed by atoms with Gasteiger partial charge in [0, 0.05) is 31.5 Å². The Hall–Kier alpha value is -1.65. The van der Waals surface area contributed by atoms with E-state index in [0.29, 0.717) is 6.04 Å². The number of nitrogens with one attached hydrogen (secondary N) is 1. The van der Waals surface area contributed by atoms with Crippen molar-refractivity contribution in [3.8, 4) is 0 Å². The molecule has 3 rings (SSSR count). The number of aromatic nitrogens is 2. The highest BCUT2D eigenvalue weighted by atomic mass is 16.2. The molecule has 0 radical (unpaired) electrons. The Morgan fingerprint density at radius 3 is 2.72 bits per heavy atom. The first-order valence-electron chi connectivity index (χ1n) is 6.65. The minimum Gasteiger partial charge on any atom is -0.353 e. The molecule has 1 aromatic rings. The number of anilines is 1. The smallest absolute Gasteiger partial charge is 0.225 e. The highest BCUT2D eigenvalue weighted by Gasteiger charge is 2.31. The molecule has 0 spiro atoms. The van der Waals surface area contributed by atoms with E-state index in [-0.39, 0.29) is 11.8 Å². The number of hydrogen-bond donors (Lipinski definition) is 1. The molecular formula is C13H18N4O. The van der Waals surface area contributed by atoms with Crippen molar-refractivity contribution in [2.75, 3.05) is 18.0 Å². The van der Waals surface area contributed by atoms with Crippen LogP contribution in [0, 0.1) is 5.92 Å². The molecule has 5 heteroatoms. The Morgan fingerprint density at radius 2 is 2.06 bits per heavy atom. The van der Waals surface area contributed by atoms with E-state index in [1.165, 1.54) is 6.42 Å². The summed E-state index contributed by atoms with van der Waals surface area (Å²) in [5, 5.41) is 3.12. The summed E-state index contributed by atoms with van der Waals surface area (Å²) in [5.74, 6) is 1.03. The molecule has 1 saturated heterocycles. The van der Waals surface area contributed by atoms with E-state index in [9.17, 15) is 4.79 Å². The molecule has 96 valence electrons. The van der Waals surface area contributed by atoms with Crippen molar-refractivity contribution in [3.05, 3.63) is 18.5 Å². The minimum atomic E-state index is 0.0920. The topological polar surface area (TPSA) is 58.1 Å². The van der Waals surface area contributed by atoms with Gasteiger partial charge in [0.2, 0.25) is 11.9 Å². The van der Waals surface area contributed by atoms with Gasteiger partial charge in [0.15, 0.2) is 0 Å². The Balaban J connectivity index is 1.56. The summed E-state index contributed by atoms with van der Waals surface area (Å²) >= 11 is 0. The third kappa shape index (κ3) is 2.30. The van der Waals surface area contributed by atoms with Crippen molar-refractivity contribution in [1.29, 1.82) is 0 Å². The van der Waals surface area contributed by atoms with Crippen molar-refractivity contribution in [3.63, 3.8) is 0 Å². The van der Waals surface area contributed by atoms with E-state index in [1.807, 2.05) is 0 Å². The molecule has 2 fully saturated rings. The van der Waals surface area contributed by atoms with Crippen LogP contribution in [0.25, 0.3) is 0 Å². The fourth-order valence-corrected chi connectivity index (χ4v) is 2.48. The van der Waals surface area contributed by atoms with Crippen LogP contribution in [0.5, 0.6) is 0 Å². The fraction of sp³-hybridized carbons (Fsp3) is 0.615.